The van der Waals surface area contributed by atoms with Gasteiger partial charge in [-0.25, -0.2) is 0 Å². The van der Waals surface area contributed by atoms with Crippen LogP contribution >= 0.6 is 0 Å². The van der Waals surface area contributed by atoms with Gasteiger partial charge in [-0.1, -0.05) is 24.3 Å². The molecule has 0 bridgehead atoms. The summed E-state index contributed by atoms with van der Waals surface area (Å²) >= 11 is 0. The summed E-state index contributed by atoms with van der Waals surface area (Å²) < 4.78 is 0. The Kier molecular flexibility index (Phi) is 6.41. The maximum absolute atomic E-state index is 10.6. The second kappa shape index (κ2) is 9.55. The lowest BCUT2D eigenvalue weighted by Gasteiger charge is -2.00. The lowest BCUT2D eigenvalue weighted by Crippen LogP contribution is -1.93. The summed E-state index contributed by atoms with van der Waals surface area (Å²) in [4.78, 5) is 20.3. The van der Waals surface area contributed by atoms with Crippen molar-refractivity contribution < 1.29 is 9.85 Å². The number of nitro benzene ring substituents is 2. The van der Waals surface area contributed by atoms with Gasteiger partial charge >= 0.3 is 0 Å². The first-order chi connectivity index (χ1) is 14.5. The number of rotatable bonds is 8. The van der Waals surface area contributed by atoms with E-state index in [2.05, 4.69) is 21.1 Å². The van der Waals surface area contributed by atoms with Crippen molar-refractivity contribution in [3.05, 3.63) is 104 Å². The standard InChI is InChI=1S/C20H16N6O4/c27-25(28)19-9-5-17(6-10-19)23-21-13-15-1-2-16(4-3-15)14-22-24-18-7-11-20(12-8-18)26(29)30/h1-14,23-24H/b21-13+,22-14+. The number of nitrogens with zero attached hydrogens (tertiary/aromatic N) is 4. The maximum atomic E-state index is 10.6. The topological polar surface area (TPSA) is 135 Å². The van der Waals surface area contributed by atoms with Crippen LogP contribution < -0.4 is 10.9 Å². The third-order valence-electron chi connectivity index (χ3n) is 3.91. The van der Waals surface area contributed by atoms with E-state index in [9.17, 15) is 20.2 Å². The van der Waals surface area contributed by atoms with Gasteiger partial charge in [0.05, 0.1) is 33.7 Å². The van der Waals surface area contributed by atoms with Crippen LogP contribution in [0.2, 0.25) is 0 Å². The summed E-state index contributed by atoms with van der Waals surface area (Å²) in [5.74, 6) is 0. The quantitative estimate of drug-likeness (QED) is 0.325. The Balaban J connectivity index is 1.51. The van der Waals surface area contributed by atoms with Crippen LogP contribution in [0.4, 0.5) is 22.7 Å². The van der Waals surface area contributed by atoms with Crippen LogP contribution in [0.25, 0.3) is 0 Å². The van der Waals surface area contributed by atoms with Crippen LogP contribution in [0.15, 0.2) is 83.0 Å². The largest absolute Gasteiger partial charge is 0.278 e. The molecule has 150 valence electrons. The summed E-state index contributed by atoms with van der Waals surface area (Å²) in [6, 6.07) is 19.3. The molecule has 0 atom stereocenters. The molecule has 0 fully saturated rings. The minimum Gasteiger partial charge on any atom is -0.278 e. The van der Waals surface area contributed by atoms with E-state index < -0.39 is 9.85 Å². The van der Waals surface area contributed by atoms with Crippen molar-refractivity contribution in [3.8, 4) is 0 Å². The average molecular weight is 404 g/mol. The smallest absolute Gasteiger partial charge is 0.269 e. The van der Waals surface area contributed by atoms with Gasteiger partial charge in [0.25, 0.3) is 11.4 Å². The van der Waals surface area contributed by atoms with Crippen LogP contribution in [-0.4, -0.2) is 22.3 Å². The van der Waals surface area contributed by atoms with Gasteiger partial charge in [0, 0.05) is 24.3 Å². The molecule has 0 aliphatic rings. The molecule has 0 heterocycles. The van der Waals surface area contributed by atoms with Crippen molar-refractivity contribution in [2.24, 2.45) is 10.2 Å². The first kappa shape index (κ1) is 20.1. The number of nitrogens with one attached hydrogen (secondary N) is 2. The third kappa shape index (κ3) is 5.70. The molecule has 3 aromatic rings. The van der Waals surface area contributed by atoms with Gasteiger partial charge in [-0.3, -0.25) is 31.1 Å². The highest BCUT2D eigenvalue weighted by molar-refractivity contribution is 5.84. The second-order valence-electron chi connectivity index (χ2n) is 6.01. The predicted octanol–water partition coefficient (Wildman–Crippen LogP) is 4.40. The van der Waals surface area contributed by atoms with E-state index in [1.807, 2.05) is 24.3 Å². The Labute approximate surface area is 170 Å². The lowest BCUT2D eigenvalue weighted by atomic mass is 10.2. The number of hydrogen-bond acceptors (Lipinski definition) is 8. The highest BCUT2D eigenvalue weighted by Gasteiger charge is 2.03. The molecule has 3 rings (SSSR count). The number of benzene rings is 3. The number of non-ortho nitro benzene ring substituents is 2. The fraction of sp³-hybridized carbons (Fsp3) is 0. The Morgan fingerprint density at radius 2 is 0.933 bits per heavy atom. The van der Waals surface area contributed by atoms with Crippen LogP contribution in [0.3, 0.4) is 0 Å². The van der Waals surface area contributed by atoms with E-state index in [-0.39, 0.29) is 11.4 Å². The molecular weight excluding hydrogens is 388 g/mol. The van der Waals surface area contributed by atoms with Gasteiger partial charge in [-0.2, -0.15) is 10.2 Å². The predicted molar refractivity (Wildman–Crippen MR) is 115 cm³/mol. The first-order valence-corrected chi connectivity index (χ1v) is 8.68. The number of nitro groups is 2. The van der Waals surface area contributed by atoms with Gasteiger partial charge < -0.3 is 0 Å². The van der Waals surface area contributed by atoms with E-state index in [1.165, 1.54) is 24.3 Å². The molecule has 0 aliphatic carbocycles. The monoisotopic (exact) mass is 404 g/mol. The molecule has 2 N–H and O–H groups in total. The SMILES string of the molecule is O=[N+]([O-])c1ccc(N/N=C/c2ccc(/C=N/Nc3ccc([N+](=O)[O-])cc3)cc2)cc1. The normalized spacial score (nSPS) is 10.9. The highest BCUT2D eigenvalue weighted by atomic mass is 16.6. The van der Waals surface area contributed by atoms with Crippen molar-refractivity contribution >= 4 is 35.2 Å². The highest BCUT2D eigenvalue weighted by Crippen LogP contribution is 2.16. The van der Waals surface area contributed by atoms with Crippen molar-refractivity contribution in [2.75, 3.05) is 10.9 Å². The molecular formula is C20H16N6O4. The van der Waals surface area contributed by atoms with E-state index in [1.54, 1.807) is 36.7 Å². The maximum Gasteiger partial charge on any atom is 0.269 e. The summed E-state index contributed by atoms with van der Waals surface area (Å²) in [7, 11) is 0. The minimum atomic E-state index is -0.459. The molecule has 0 aliphatic heterocycles. The van der Waals surface area contributed by atoms with Crippen LogP contribution in [0.1, 0.15) is 11.1 Å². The molecule has 10 heteroatoms. The van der Waals surface area contributed by atoms with Gasteiger partial charge in [-0.05, 0) is 35.4 Å². The van der Waals surface area contributed by atoms with Gasteiger partial charge in [0.2, 0.25) is 0 Å². The molecule has 0 unspecified atom stereocenters. The van der Waals surface area contributed by atoms with Crippen LogP contribution in [0, 0.1) is 20.2 Å². The summed E-state index contributed by atoms with van der Waals surface area (Å²) in [5.41, 5.74) is 8.63. The zero-order valence-electron chi connectivity index (χ0n) is 15.5. The molecule has 0 amide bonds. The van der Waals surface area contributed by atoms with Crippen molar-refractivity contribution in [1.29, 1.82) is 0 Å². The van der Waals surface area contributed by atoms with Gasteiger partial charge in [0.1, 0.15) is 0 Å². The lowest BCUT2D eigenvalue weighted by molar-refractivity contribution is -0.385. The molecule has 0 radical (unpaired) electrons. The molecule has 3 aromatic carbocycles. The number of hydrazone groups is 2. The fourth-order valence-corrected chi connectivity index (χ4v) is 2.35. The summed E-state index contributed by atoms with van der Waals surface area (Å²) in [6.07, 6.45) is 3.24. The summed E-state index contributed by atoms with van der Waals surface area (Å²) in [6.45, 7) is 0. The Morgan fingerprint density at radius 3 is 1.23 bits per heavy atom. The second-order valence-corrected chi connectivity index (χ2v) is 6.01. The van der Waals surface area contributed by atoms with Crippen LogP contribution in [0.5, 0.6) is 0 Å². The van der Waals surface area contributed by atoms with E-state index in [4.69, 9.17) is 0 Å². The minimum absolute atomic E-state index is 0.0184. The molecule has 30 heavy (non-hydrogen) atoms. The zero-order chi connectivity index (χ0) is 21.3. The van der Waals surface area contributed by atoms with E-state index in [0.717, 1.165) is 11.1 Å². The Morgan fingerprint density at radius 1 is 0.600 bits per heavy atom. The summed E-state index contributed by atoms with van der Waals surface area (Å²) in [5, 5.41) is 29.5. The van der Waals surface area contributed by atoms with E-state index in [0.29, 0.717) is 11.4 Å². The van der Waals surface area contributed by atoms with Crippen molar-refractivity contribution in [3.63, 3.8) is 0 Å². The third-order valence-corrected chi connectivity index (χ3v) is 3.91. The molecule has 10 nitrogen and oxygen atoms in total. The zero-order valence-corrected chi connectivity index (χ0v) is 15.5. The Bertz CT molecular complexity index is 989. The van der Waals surface area contributed by atoms with Crippen molar-refractivity contribution in [1.82, 2.24) is 0 Å². The first-order valence-electron chi connectivity index (χ1n) is 8.68. The molecule has 0 aromatic heterocycles. The number of hydrogen-bond donors (Lipinski definition) is 2. The Hall–Kier alpha value is -4.60. The molecule has 0 saturated carbocycles. The van der Waals surface area contributed by atoms with Crippen LogP contribution in [-0.2, 0) is 0 Å². The van der Waals surface area contributed by atoms with Gasteiger partial charge in [0.15, 0.2) is 0 Å². The average Bonchev–Trinajstić information content (AvgIpc) is 2.75. The molecule has 0 saturated heterocycles. The number of anilines is 2. The molecule has 0 spiro atoms. The van der Waals surface area contributed by atoms with Gasteiger partial charge in [-0.15, -0.1) is 0 Å². The fourth-order valence-electron chi connectivity index (χ4n) is 2.35. The van der Waals surface area contributed by atoms with E-state index >= 15 is 0 Å². The van der Waals surface area contributed by atoms with Crippen molar-refractivity contribution in [2.45, 2.75) is 0 Å².